The van der Waals surface area contributed by atoms with Crippen LogP contribution in [-0.4, -0.2) is 28.2 Å². The molecule has 11 heteroatoms. The molecule has 0 spiro atoms. The molecule has 2 N–H and O–H groups in total. The van der Waals surface area contributed by atoms with Gasteiger partial charge in [0.1, 0.15) is 17.4 Å². The number of carbonyl (C=O) groups is 2. The fraction of sp³-hybridized carbons (Fsp3) is 0.0800. The Morgan fingerprint density at radius 2 is 1.72 bits per heavy atom. The number of aromatic nitrogens is 2. The van der Waals surface area contributed by atoms with Gasteiger partial charge >= 0.3 is 0 Å². The summed E-state index contributed by atoms with van der Waals surface area (Å²) in [5, 5.41) is 16.0. The van der Waals surface area contributed by atoms with Gasteiger partial charge in [0.25, 0.3) is 5.91 Å². The molecule has 4 rings (SSSR count). The molecule has 8 nitrogen and oxygen atoms in total. The summed E-state index contributed by atoms with van der Waals surface area (Å²) in [6.45, 7) is 0.301. The Balaban J connectivity index is 1.34. The van der Waals surface area contributed by atoms with Crippen LogP contribution >= 0.6 is 34.5 Å². The minimum Gasteiger partial charge on any atom is -0.487 e. The lowest BCUT2D eigenvalue weighted by molar-refractivity contribution is -0.120. The highest BCUT2D eigenvalue weighted by atomic mass is 35.5. The maximum absolute atomic E-state index is 12.3. The number of hydrazone groups is 1. The number of carbonyl (C=O) groups excluding carboxylic acids is 2. The van der Waals surface area contributed by atoms with Crippen molar-refractivity contribution in [3.05, 3.63) is 105 Å². The Labute approximate surface area is 220 Å². The van der Waals surface area contributed by atoms with Crippen LogP contribution in [0.15, 0.2) is 77.9 Å². The largest absolute Gasteiger partial charge is 0.487 e. The van der Waals surface area contributed by atoms with Crippen molar-refractivity contribution in [1.29, 1.82) is 0 Å². The zero-order valence-corrected chi connectivity index (χ0v) is 21.0. The van der Waals surface area contributed by atoms with Gasteiger partial charge in [0.05, 0.1) is 17.7 Å². The van der Waals surface area contributed by atoms with Crippen molar-refractivity contribution < 1.29 is 14.3 Å². The second-order valence-electron chi connectivity index (χ2n) is 7.37. The molecule has 0 aliphatic rings. The molecule has 36 heavy (non-hydrogen) atoms. The van der Waals surface area contributed by atoms with Gasteiger partial charge in [-0.25, -0.2) is 5.43 Å². The van der Waals surface area contributed by atoms with Crippen molar-refractivity contribution in [2.75, 3.05) is 5.32 Å². The van der Waals surface area contributed by atoms with E-state index in [2.05, 4.69) is 26.0 Å². The van der Waals surface area contributed by atoms with Crippen LogP contribution in [0.4, 0.5) is 5.13 Å². The average Bonchev–Trinajstić information content (AvgIpc) is 3.31. The maximum Gasteiger partial charge on any atom is 0.257 e. The van der Waals surface area contributed by atoms with E-state index in [0.29, 0.717) is 43.7 Å². The molecule has 0 aliphatic carbocycles. The van der Waals surface area contributed by atoms with Gasteiger partial charge in [0.15, 0.2) is 0 Å². The lowest BCUT2D eigenvalue weighted by Gasteiger charge is -2.11. The second-order valence-corrected chi connectivity index (χ2v) is 9.28. The number of rotatable bonds is 9. The van der Waals surface area contributed by atoms with Gasteiger partial charge in [0, 0.05) is 16.1 Å². The van der Waals surface area contributed by atoms with Crippen molar-refractivity contribution in [2.24, 2.45) is 5.10 Å². The lowest BCUT2D eigenvalue weighted by atomic mass is 10.2. The Morgan fingerprint density at radius 3 is 2.47 bits per heavy atom. The topological polar surface area (TPSA) is 106 Å². The standard InChI is InChI=1S/C25H19Cl2N5O3S/c26-19-11-18(23(20(27)12-19)35-15-16-7-3-1-4-8-16)14-28-30-21(33)13-22-31-32-25(36-22)29-24(34)17-9-5-2-6-10-17/h1-12,14H,13,15H2,(H,30,33)(H,29,32,34)/b28-14-. The minimum atomic E-state index is -0.414. The van der Waals surface area contributed by atoms with Crippen LogP contribution < -0.4 is 15.5 Å². The first-order valence-electron chi connectivity index (χ1n) is 10.6. The summed E-state index contributed by atoms with van der Waals surface area (Å²) in [6, 6.07) is 21.6. The van der Waals surface area contributed by atoms with Crippen molar-refractivity contribution in [2.45, 2.75) is 13.0 Å². The summed E-state index contributed by atoms with van der Waals surface area (Å²) < 4.78 is 5.88. The molecular formula is C25H19Cl2N5O3S. The molecule has 0 bridgehead atoms. The first-order valence-corrected chi connectivity index (χ1v) is 12.2. The van der Waals surface area contributed by atoms with Crippen molar-refractivity contribution >= 4 is 57.7 Å². The molecule has 0 saturated carbocycles. The van der Waals surface area contributed by atoms with E-state index in [1.165, 1.54) is 6.21 Å². The van der Waals surface area contributed by atoms with Crippen molar-refractivity contribution in [3.8, 4) is 5.75 Å². The summed E-state index contributed by atoms with van der Waals surface area (Å²) in [6.07, 6.45) is 1.34. The molecule has 0 unspecified atom stereocenters. The number of hydrogen-bond acceptors (Lipinski definition) is 7. The Bertz CT molecular complexity index is 1380. The first kappa shape index (κ1) is 25.3. The number of hydrogen-bond donors (Lipinski definition) is 2. The van der Waals surface area contributed by atoms with E-state index in [9.17, 15) is 9.59 Å². The Hall–Kier alpha value is -3.79. The van der Waals surface area contributed by atoms with Gasteiger partial charge in [-0.15, -0.1) is 10.2 Å². The summed E-state index contributed by atoms with van der Waals surface area (Å²) in [4.78, 5) is 24.6. The fourth-order valence-electron chi connectivity index (χ4n) is 3.04. The normalized spacial score (nSPS) is 10.8. The Morgan fingerprint density at radius 1 is 1.00 bits per heavy atom. The molecule has 1 aromatic heterocycles. The van der Waals surface area contributed by atoms with Crippen LogP contribution in [0.5, 0.6) is 5.75 Å². The smallest absolute Gasteiger partial charge is 0.257 e. The number of benzene rings is 3. The van der Waals surface area contributed by atoms with E-state index in [1.807, 2.05) is 36.4 Å². The quantitative estimate of drug-likeness (QED) is 0.219. The summed E-state index contributed by atoms with van der Waals surface area (Å²) in [5.74, 6) is -0.327. The molecule has 4 aromatic rings. The molecule has 0 aliphatic heterocycles. The highest BCUT2D eigenvalue weighted by molar-refractivity contribution is 7.15. The minimum absolute atomic E-state index is 0.0656. The van der Waals surface area contributed by atoms with Crippen molar-refractivity contribution in [1.82, 2.24) is 15.6 Å². The molecule has 3 aromatic carbocycles. The zero-order chi connectivity index (χ0) is 25.3. The van der Waals surface area contributed by atoms with E-state index in [4.69, 9.17) is 27.9 Å². The molecular weight excluding hydrogens is 521 g/mol. The highest BCUT2D eigenvalue weighted by Crippen LogP contribution is 2.32. The van der Waals surface area contributed by atoms with E-state index in [1.54, 1.807) is 36.4 Å². The Kier molecular flexibility index (Phi) is 8.62. The number of amides is 2. The monoisotopic (exact) mass is 539 g/mol. The van der Waals surface area contributed by atoms with E-state index >= 15 is 0 Å². The molecule has 0 atom stereocenters. The predicted molar refractivity (Wildman–Crippen MR) is 141 cm³/mol. The summed E-state index contributed by atoms with van der Waals surface area (Å²) >= 11 is 13.6. The van der Waals surface area contributed by atoms with E-state index in [-0.39, 0.29) is 12.3 Å². The number of ether oxygens (including phenoxy) is 1. The van der Waals surface area contributed by atoms with Crippen LogP contribution in [0.1, 0.15) is 26.5 Å². The maximum atomic E-state index is 12.3. The van der Waals surface area contributed by atoms with Crippen LogP contribution in [-0.2, 0) is 17.8 Å². The SMILES string of the molecule is O=C(Cc1nnc(NC(=O)c2ccccc2)s1)N/N=C\c1cc(Cl)cc(Cl)c1OCc1ccccc1. The number of nitrogens with zero attached hydrogens (tertiary/aromatic N) is 3. The van der Waals surface area contributed by atoms with E-state index < -0.39 is 5.91 Å². The van der Waals surface area contributed by atoms with E-state index in [0.717, 1.165) is 16.9 Å². The number of halogens is 2. The van der Waals surface area contributed by atoms with Gasteiger partial charge in [-0.1, -0.05) is 83.1 Å². The van der Waals surface area contributed by atoms with Crippen molar-refractivity contribution in [3.63, 3.8) is 0 Å². The highest BCUT2D eigenvalue weighted by Gasteiger charge is 2.13. The zero-order valence-electron chi connectivity index (χ0n) is 18.7. The van der Waals surface area contributed by atoms with Gasteiger partial charge in [0.2, 0.25) is 11.0 Å². The molecule has 0 fully saturated rings. The van der Waals surface area contributed by atoms with Crippen LogP contribution in [0.2, 0.25) is 10.0 Å². The molecule has 1 heterocycles. The number of anilines is 1. The van der Waals surface area contributed by atoms with Crippen LogP contribution in [0, 0.1) is 0 Å². The van der Waals surface area contributed by atoms with Gasteiger partial charge in [-0.2, -0.15) is 5.10 Å². The summed E-state index contributed by atoms with van der Waals surface area (Å²) in [5.41, 5.74) is 4.40. The third-order valence-electron chi connectivity index (χ3n) is 4.69. The van der Waals surface area contributed by atoms with Gasteiger partial charge in [-0.3, -0.25) is 14.9 Å². The predicted octanol–water partition coefficient (Wildman–Crippen LogP) is 5.37. The molecule has 0 radical (unpaired) electrons. The summed E-state index contributed by atoms with van der Waals surface area (Å²) in [7, 11) is 0. The average molecular weight is 540 g/mol. The fourth-order valence-corrected chi connectivity index (χ4v) is 4.34. The molecule has 2 amide bonds. The lowest BCUT2D eigenvalue weighted by Crippen LogP contribution is -2.19. The van der Waals surface area contributed by atoms with Crippen LogP contribution in [0.3, 0.4) is 0 Å². The molecule has 182 valence electrons. The number of nitrogens with one attached hydrogen (secondary N) is 2. The van der Waals surface area contributed by atoms with Crippen LogP contribution in [0.25, 0.3) is 0 Å². The molecule has 0 saturated heterocycles. The van der Waals surface area contributed by atoms with Gasteiger partial charge < -0.3 is 4.74 Å². The second kappa shape index (κ2) is 12.3. The first-order chi connectivity index (χ1) is 17.5. The third kappa shape index (κ3) is 7.11. The third-order valence-corrected chi connectivity index (χ3v) is 6.03. The van der Waals surface area contributed by atoms with Gasteiger partial charge in [-0.05, 0) is 29.8 Å².